The van der Waals surface area contributed by atoms with Gasteiger partial charge in [-0.3, -0.25) is 14.3 Å². The predicted molar refractivity (Wildman–Crippen MR) is 81.7 cm³/mol. The number of carboxylic acids is 1. The Bertz CT molecular complexity index is 665. The lowest BCUT2D eigenvalue weighted by Crippen LogP contribution is -2.38. The Labute approximate surface area is 128 Å². The first kappa shape index (κ1) is 15.8. The largest absolute Gasteiger partial charge is 0.480 e. The van der Waals surface area contributed by atoms with Crippen LogP contribution in [0.15, 0.2) is 36.5 Å². The minimum Gasteiger partial charge on any atom is -0.480 e. The molecule has 6 heteroatoms. The third kappa shape index (κ3) is 3.52. The van der Waals surface area contributed by atoms with Crippen molar-refractivity contribution >= 4 is 11.9 Å². The number of rotatable bonds is 6. The molecule has 0 fully saturated rings. The van der Waals surface area contributed by atoms with Gasteiger partial charge < -0.3 is 10.4 Å². The second-order valence-corrected chi connectivity index (χ2v) is 5.04. The highest BCUT2D eigenvalue weighted by molar-refractivity contribution is 5.97. The topological polar surface area (TPSA) is 84.2 Å². The van der Waals surface area contributed by atoms with Gasteiger partial charge in [0, 0.05) is 0 Å². The van der Waals surface area contributed by atoms with Crippen molar-refractivity contribution in [2.45, 2.75) is 32.9 Å². The summed E-state index contributed by atoms with van der Waals surface area (Å²) in [5.41, 5.74) is 2.30. The standard InChI is InChI=1S/C16H19N3O3/c1-3-14-13(15(20)18-11(2)16(21)22)9-17-19(14)10-12-7-5-4-6-8-12/h4-9,11H,3,10H2,1-2H3,(H,18,20)(H,21,22)/t11-/m0/s1. The number of benzene rings is 1. The van der Waals surface area contributed by atoms with E-state index in [0.717, 1.165) is 11.3 Å². The second-order valence-electron chi connectivity index (χ2n) is 5.04. The average Bonchev–Trinajstić information content (AvgIpc) is 2.90. The summed E-state index contributed by atoms with van der Waals surface area (Å²) in [6, 6.07) is 8.90. The van der Waals surface area contributed by atoms with Gasteiger partial charge in [0.15, 0.2) is 0 Å². The Morgan fingerprint density at radius 3 is 2.59 bits per heavy atom. The molecule has 0 saturated carbocycles. The number of aromatic nitrogens is 2. The van der Waals surface area contributed by atoms with Gasteiger partial charge >= 0.3 is 5.97 Å². The normalized spacial score (nSPS) is 11.9. The van der Waals surface area contributed by atoms with Gasteiger partial charge in [0.2, 0.25) is 0 Å². The third-order valence-corrected chi connectivity index (χ3v) is 3.42. The van der Waals surface area contributed by atoms with E-state index in [9.17, 15) is 9.59 Å². The summed E-state index contributed by atoms with van der Waals surface area (Å²) in [7, 11) is 0. The van der Waals surface area contributed by atoms with Crippen LogP contribution in [0.1, 0.15) is 35.5 Å². The molecule has 1 aromatic carbocycles. The van der Waals surface area contributed by atoms with Gasteiger partial charge in [0.25, 0.3) is 5.91 Å². The zero-order chi connectivity index (χ0) is 16.1. The van der Waals surface area contributed by atoms with Crippen LogP contribution >= 0.6 is 0 Å². The zero-order valence-corrected chi connectivity index (χ0v) is 12.6. The van der Waals surface area contributed by atoms with Crippen molar-refractivity contribution in [1.29, 1.82) is 0 Å². The molecule has 2 rings (SSSR count). The summed E-state index contributed by atoms with van der Waals surface area (Å²) in [5, 5.41) is 15.6. The first-order valence-electron chi connectivity index (χ1n) is 7.15. The molecule has 1 aromatic heterocycles. The van der Waals surface area contributed by atoms with Gasteiger partial charge in [-0.15, -0.1) is 0 Å². The molecule has 0 spiro atoms. The minimum atomic E-state index is -1.07. The summed E-state index contributed by atoms with van der Waals surface area (Å²) in [6.45, 7) is 3.95. The SMILES string of the molecule is CCc1c(C(=O)N[C@@H](C)C(=O)O)cnn1Cc1ccccc1. The Hall–Kier alpha value is -2.63. The van der Waals surface area contributed by atoms with Gasteiger partial charge in [0.05, 0.1) is 24.0 Å². The molecule has 6 nitrogen and oxygen atoms in total. The van der Waals surface area contributed by atoms with Crippen LogP contribution in [0.3, 0.4) is 0 Å². The van der Waals surface area contributed by atoms with E-state index < -0.39 is 17.9 Å². The molecule has 0 aliphatic heterocycles. The fourth-order valence-corrected chi connectivity index (χ4v) is 2.20. The van der Waals surface area contributed by atoms with Crippen molar-refractivity contribution in [1.82, 2.24) is 15.1 Å². The molecule has 2 aromatic rings. The van der Waals surface area contributed by atoms with Crippen molar-refractivity contribution in [2.75, 3.05) is 0 Å². The van der Waals surface area contributed by atoms with Crippen molar-refractivity contribution in [3.8, 4) is 0 Å². The highest BCUT2D eigenvalue weighted by Crippen LogP contribution is 2.12. The number of carbonyl (C=O) groups is 2. The lowest BCUT2D eigenvalue weighted by molar-refractivity contribution is -0.138. The van der Waals surface area contributed by atoms with E-state index in [1.807, 2.05) is 37.3 Å². The summed E-state index contributed by atoms with van der Waals surface area (Å²) >= 11 is 0. The van der Waals surface area contributed by atoms with Gasteiger partial charge in [0.1, 0.15) is 6.04 Å². The Morgan fingerprint density at radius 1 is 1.32 bits per heavy atom. The van der Waals surface area contributed by atoms with Crippen LogP contribution in [0.4, 0.5) is 0 Å². The first-order chi connectivity index (χ1) is 10.5. The van der Waals surface area contributed by atoms with E-state index in [1.54, 1.807) is 4.68 Å². The predicted octanol–water partition coefficient (Wildman–Crippen LogP) is 1.70. The molecule has 0 saturated heterocycles. The molecular weight excluding hydrogens is 282 g/mol. The second kappa shape index (κ2) is 6.89. The fourth-order valence-electron chi connectivity index (χ4n) is 2.20. The van der Waals surface area contributed by atoms with Crippen LogP contribution in [0.25, 0.3) is 0 Å². The lowest BCUT2D eigenvalue weighted by Gasteiger charge is -2.10. The maximum absolute atomic E-state index is 12.2. The Morgan fingerprint density at radius 2 is 2.00 bits per heavy atom. The van der Waals surface area contributed by atoms with Crippen molar-refractivity contribution in [2.24, 2.45) is 0 Å². The minimum absolute atomic E-state index is 0.411. The molecule has 1 atom stereocenters. The van der Waals surface area contributed by atoms with Gasteiger partial charge in [-0.2, -0.15) is 5.10 Å². The Kier molecular flexibility index (Phi) is 4.93. The molecule has 2 N–H and O–H groups in total. The van der Waals surface area contributed by atoms with E-state index in [0.29, 0.717) is 18.5 Å². The number of aliphatic carboxylic acids is 1. The summed E-state index contributed by atoms with van der Waals surface area (Å²) in [4.78, 5) is 23.0. The van der Waals surface area contributed by atoms with Gasteiger partial charge in [-0.1, -0.05) is 37.3 Å². The number of carboxylic acid groups (broad SMARTS) is 1. The highest BCUT2D eigenvalue weighted by atomic mass is 16.4. The molecule has 116 valence electrons. The van der Waals surface area contributed by atoms with Crippen LogP contribution < -0.4 is 5.32 Å². The monoisotopic (exact) mass is 301 g/mol. The molecule has 0 aliphatic rings. The molecule has 1 amide bonds. The van der Waals surface area contributed by atoms with Crippen molar-refractivity contribution < 1.29 is 14.7 Å². The summed E-state index contributed by atoms with van der Waals surface area (Å²) in [5.74, 6) is -1.48. The van der Waals surface area contributed by atoms with E-state index in [1.165, 1.54) is 13.1 Å². The quantitative estimate of drug-likeness (QED) is 0.850. The van der Waals surface area contributed by atoms with Crippen LogP contribution in [0.2, 0.25) is 0 Å². The molecule has 0 bridgehead atoms. The van der Waals surface area contributed by atoms with Gasteiger partial charge in [-0.05, 0) is 18.9 Å². The number of carbonyl (C=O) groups excluding carboxylic acids is 1. The molecule has 1 heterocycles. The van der Waals surface area contributed by atoms with E-state index in [4.69, 9.17) is 5.11 Å². The maximum Gasteiger partial charge on any atom is 0.325 e. The van der Waals surface area contributed by atoms with Crippen LogP contribution in [-0.2, 0) is 17.8 Å². The molecule has 0 unspecified atom stereocenters. The summed E-state index contributed by atoms with van der Waals surface area (Å²) < 4.78 is 1.77. The third-order valence-electron chi connectivity index (χ3n) is 3.42. The molecule has 0 aliphatic carbocycles. The maximum atomic E-state index is 12.2. The average molecular weight is 301 g/mol. The number of hydrogen-bond acceptors (Lipinski definition) is 3. The molecule has 22 heavy (non-hydrogen) atoms. The highest BCUT2D eigenvalue weighted by Gasteiger charge is 2.20. The molecular formula is C16H19N3O3. The van der Waals surface area contributed by atoms with Gasteiger partial charge in [-0.25, -0.2) is 0 Å². The Balaban J connectivity index is 2.20. The number of hydrogen-bond donors (Lipinski definition) is 2. The number of amides is 1. The molecule has 0 radical (unpaired) electrons. The number of nitrogens with one attached hydrogen (secondary N) is 1. The van der Waals surface area contributed by atoms with E-state index in [2.05, 4.69) is 10.4 Å². The van der Waals surface area contributed by atoms with E-state index >= 15 is 0 Å². The fraction of sp³-hybridized carbons (Fsp3) is 0.312. The lowest BCUT2D eigenvalue weighted by atomic mass is 10.1. The summed E-state index contributed by atoms with van der Waals surface area (Å²) in [6.07, 6.45) is 2.13. The first-order valence-corrected chi connectivity index (χ1v) is 7.15. The van der Waals surface area contributed by atoms with Crippen LogP contribution in [0, 0.1) is 0 Å². The van der Waals surface area contributed by atoms with Crippen molar-refractivity contribution in [3.63, 3.8) is 0 Å². The zero-order valence-electron chi connectivity index (χ0n) is 12.6. The smallest absolute Gasteiger partial charge is 0.325 e. The van der Waals surface area contributed by atoms with Crippen LogP contribution in [0.5, 0.6) is 0 Å². The van der Waals surface area contributed by atoms with E-state index in [-0.39, 0.29) is 0 Å². The van der Waals surface area contributed by atoms with Crippen LogP contribution in [-0.4, -0.2) is 32.8 Å². The number of nitrogens with zero attached hydrogens (tertiary/aromatic N) is 2. The van der Waals surface area contributed by atoms with Crippen molar-refractivity contribution in [3.05, 3.63) is 53.3 Å².